The van der Waals surface area contributed by atoms with Gasteiger partial charge in [0.1, 0.15) is 11.4 Å². The third-order valence-electron chi connectivity index (χ3n) is 6.90. The van der Waals surface area contributed by atoms with Gasteiger partial charge in [0.15, 0.2) is 0 Å². The van der Waals surface area contributed by atoms with Crippen molar-refractivity contribution in [1.29, 1.82) is 0 Å². The Hall–Kier alpha value is -4.23. The average Bonchev–Trinajstić information content (AvgIpc) is 3.58. The van der Waals surface area contributed by atoms with Gasteiger partial charge in [-0.05, 0) is 60.2 Å². The number of benzene rings is 2. The summed E-state index contributed by atoms with van der Waals surface area (Å²) < 4.78 is 67.5. The molecular weight excluding hydrogens is 557 g/mol. The molecule has 2 aromatic rings. The fourth-order valence-corrected chi connectivity index (χ4v) is 5.65. The van der Waals surface area contributed by atoms with Crippen LogP contribution >= 0.6 is 0 Å². The number of fused-ring (bicyclic) bond motifs is 1. The normalized spacial score (nSPS) is 16.5. The summed E-state index contributed by atoms with van der Waals surface area (Å²) in [6, 6.07) is 10.0. The van der Waals surface area contributed by atoms with Gasteiger partial charge in [0.05, 0.1) is 11.4 Å². The van der Waals surface area contributed by atoms with Crippen LogP contribution in [0, 0.1) is 6.92 Å². The van der Waals surface area contributed by atoms with Gasteiger partial charge < -0.3 is 16.0 Å². The maximum atomic E-state index is 13.9. The molecule has 5 rings (SSSR count). The van der Waals surface area contributed by atoms with Crippen LogP contribution in [0.15, 0.2) is 61.2 Å². The molecule has 214 valence electrons. The summed E-state index contributed by atoms with van der Waals surface area (Å²) in [7, 11) is -3.65. The van der Waals surface area contributed by atoms with Crippen molar-refractivity contribution in [2.45, 2.75) is 32.0 Å². The lowest BCUT2D eigenvalue weighted by molar-refractivity contribution is -0.137. The lowest BCUT2D eigenvalue weighted by atomic mass is 10.1. The topological polar surface area (TPSA) is 116 Å². The number of nitrogens with one attached hydrogen (secondary N) is 3. The van der Waals surface area contributed by atoms with Crippen molar-refractivity contribution in [3.63, 3.8) is 0 Å². The van der Waals surface area contributed by atoms with Gasteiger partial charge in [-0.2, -0.15) is 22.5 Å². The van der Waals surface area contributed by atoms with Crippen molar-refractivity contribution in [2.24, 2.45) is 0 Å². The van der Waals surface area contributed by atoms with Crippen molar-refractivity contribution in [1.82, 2.24) is 14.3 Å². The molecule has 1 aromatic heterocycles. The van der Waals surface area contributed by atoms with Crippen LogP contribution in [0.2, 0.25) is 0 Å². The van der Waals surface area contributed by atoms with Crippen LogP contribution in [0.25, 0.3) is 16.7 Å². The van der Waals surface area contributed by atoms with Gasteiger partial charge in [0.25, 0.3) is 5.91 Å². The molecule has 0 radical (unpaired) electrons. The van der Waals surface area contributed by atoms with E-state index in [2.05, 4.69) is 39.1 Å². The number of carbonyl (C=O) groups excluding carboxylic acids is 1. The standard InChI is InChI=1S/C28H27F3N6O3S/c1-4-41(39,40)37-11-5-6-19(15-37)33-27-32-14-22(28(29,30)31)25(36-27)34-23-10-7-16(2)12-24(23)35-26(38)17(3)20-9-8-18-13-21(18)20/h4,7-10,12-14,19H,1,3,5-6,11,15H2,2H3,(H,35,38)(H2,32,33,34,36). The first-order valence-corrected chi connectivity index (χ1v) is 14.2. The zero-order valence-corrected chi connectivity index (χ0v) is 22.9. The molecule has 0 bridgehead atoms. The van der Waals surface area contributed by atoms with E-state index < -0.39 is 39.5 Å². The minimum Gasteiger partial charge on any atom is -0.350 e. The summed E-state index contributed by atoms with van der Waals surface area (Å²) in [5.41, 5.74) is 3.01. The highest BCUT2D eigenvalue weighted by Crippen LogP contribution is 2.42. The number of hydrogen-bond acceptors (Lipinski definition) is 7. The molecule has 1 atom stereocenters. The quantitative estimate of drug-likeness (QED) is 0.222. The summed E-state index contributed by atoms with van der Waals surface area (Å²) in [6.07, 6.45) is -3.01. The number of aromatic nitrogens is 2. The van der Waals surface area contributed by atoms with E-state index in [4.69, 9.17) is 0 Å². The molecule has 13 heteroatoms. The van der Waals surface area contributed by atoms with Crippen molar-refractivity contribution < 1.29 is 26.4 Å². The van der Waals surface area contributed by atoms with Crippen LogP contribution < -0.4 is 16.0 Å². The Morgan fingerprint density at radius 3 is 2.61 bits per heavy atom. The summed E-state index contributed by atoms with van der Waals surface area (Å²) >= 11 is 0. The Morgan fingerprint density at radius 2 is 1.95 bits per heavy atom. The molecule has 2 heterocycles. The summed E-state index contributed by atoms with van der Waals surface area (Å²) in [5.74, 6) is -1.14. The lowest BCUT2D eigenvalue weighted by Crippen LogP contribution is -2.44. The highest BCUT2D eigenvalue weighted by molar-refractivity contribution is 7.92. The Kier molecular flexibility index (Phi) is 7.34. The van der Waals surface area contributed by atoms with E-state index in [9.17, 15) is 26.4 Å². The zero-order chi connectivity index (χ0) is 29.5. The van der Waals surface area contributed by atoms with Crippen LogP contribution in [0.4, 0.5) is 36.3 Å². The molecule has 1 unspecified atom stereocenters. The molecule has 2 aliphatic carbocycles. The molecular formula is C28H27F3N6O3S. The molecule has 1 aromatic carbocycles. The number of anilines is 4. The van der Waals surface area contributed by atoms with E-state index in [-0.39, 0.29) is 29.4 Å². The van der Waals surface area contributed by atoms with Crippen molar-refractivity contribution in [3.05, 3.63) is 77.9 Å². The maximum absolute atomic E-state index is 13.9. The zero-order valence-electron chi connectivity index (χ0n) is 22.0. The number of amides is 1. The fourth-order valence-electron chi connectivity index (χ4n) is 4.67. The minimum atomic E-state index is -4.78. The molecule has 0 spiro atoms. The van der Waals surface area contributed by atoms with Crippen LogP contribution in [0.1, 0.15) is 29.5 Å². The third kappa shape index (κ3) is 6.10. The van der Waals surface area contributed by atoms with E-state index in [1.165, 1.54) is 4.31 Å². The molecule has 1 fully saturated rings. The second kappa shape index (κ2) is 10.6. The largest absolute Gasteiger partial charge is 0.421 e. The molecule has 1 aliphatic heterocycles. The van der Waals surface area contributed by atoms with Crippen molar-refractivity contribution in [2.75, 3.05) is 29.0 Å². The minimum absolute atomic E-state index is 0.0872. The molecule has 0 saturated carbocycles. The van der Waals surface area contributed by atoms with Crippen LogP contribution in [0.5, 0.6) is 0 Å². The van der Waals surface area contributed by atoms with Gasteiger partial charge in [-0.15, -0.1) is 0 Å². The highest BCUT2D eigenvalue weighted by atomic mass is 32.2. The summed E-state index contributed by atoms with van der Waals surface area (Å²) in [5, 5.41) is 9.28. The predicted molar refractivity (Wildman–Crippen MR) is 152 cm³/mol. The monoisotopic (exact) mass is 584 g/mol. The Bertz CT molecular complexity index is 1670. The van der Waals surface area contributed by atoms with Crippen LogP contribution in [-0.2, 0) is 21.0 Å². The van der Waals surface area contributed by atoms with E-state index >= 15 is 0 Å². The Balaban J connectivity index is 1.40. The highest BCUT2D eigenvalue weighted by Gasteiger charge is 2.36. The molecule has 3 N–H and O–H groups in total. The average molecular weight is 585 g/mol. The van der Waals surface area contributed by atoms with Crippen LogP contribution in [-0.4, -0.2) is 47.7 Å². The second-order valence-electron chi connectivity index (χ2n) is 9.87. The Morgan fingerprint density at radius 1 is 1.17 bits per heavy atom. The van der Waals surface area contributed by atoms with Gasteiger partial charge in [0.2, 0.25) is 16.0 Å². The summed E-state index contributed by atoms with van der Waals surface area (Å²) in [6.45, 7) is 9.41. The van der Waals surface area contributed by atoms with Gasteiger partial charge >= 0.3 is 6.18 Å². The van der Waals surface area contributed by atoms with Gasteiger partial charge in [0, 0.05) is 36.3 Å². The predicted octanol–water partition coefficient (Wildman–Crippen LogP) is 5.53. The first kappa shape index (κ1) is 28.3. The number of aryl methyl sites for hydroxylation is 1. The lowest BCUT2D eigenvalue weighted by Gasteiger charge is -2.31. The maximum Gasteiger partial charge on any atom is 0.421 e. The number of nitrogens with zero attached hydrogens (tertiary/aromatic N) is 3. The molecule has 1 saturated heterocycles. The molecule has 1 amide bonds. The number of alkyl halides is 3. The molecule has 9 nitrogen and oxygen atoms in total. The molecule has 3 aliphatic rings. The second-order valence-corrected chi connectivity index (χ2v) is 11.8. The third-order valence-corrected chi connectivity index (χ3v) is 8.38. The number of hydrogen-bond donors (Lipinski definition) is 3. The van der Waals surface area contributed by atoms with Gasteiger partial charge in [-0.1, -0.05) is 31.4 Å². The van der Waals surface area contributed by atoms with E-state index in [0.29, 0.717) is 31.1 Å². The molecule has 41 heavy (non-hydrogen) atoms. The van der Waals surface area contributed by atoms with Crippen molar-refractivity contribution >= 4 is 44.6 Å². The fraction of sp³-hybridized carbons (Fsp3) is 0.250. The van der Waals surface area contributed by atoms with Gasteiger partial charge in [-0.3, -0.25) is 4.79 Å². The number of piperidine rings is 1. The SMILES string of the molecule is C=CS(=O)(=O)N1CCCC(Nc2ncc(C(F)(F)F)c(Nc3ccc(C)cc3NC(=O)C(=C)c3ccc4cc3-4)n2)C1. The van der Waals surface area contributed by atoms with Gasteiger partial charge in [-0.25, -0.2) is 13.4 Å². The number of rotatable bonds is 9. The van der Waals surface area contributed by atoms with Crippen LogP contribution in [0.3, 0.4) is 0 Å². The number of halogens is 3. The van der Waals surface area contributed by atoms with Crippen molar-refractivity contribution in [3.8, 4) is 11.1 Å². The first-order valence-electron chi connectivity index (χ1n) is 12.7. The van der Waals surface area contributed by atoms with E-state index in [1.807, 2.05) is 12.1 Å². The summed E-state index contributed by atoms with van der Waals surface area (Å²) in [4.78, 5) is 20.9. The number of sulfonamides is 1. The van der Waals surface area contributed by atoms with E-state index in [1.54, 1.807) is 31.2 Å². The number of carbonyl (C=O) groups is 1. The Labute approximate surface area is 235 Å². The first-order chi connectivity index (χ1) is 19.4. The smallest absolute Gasteiger partial charge is 0.350 e. The van der Waals surface area contributed by atoms with E-state index in [0.717, 1.165) is 22.1 Å².